The summed E-state index contributed by atoms with van der Waals surface area (Å²) in [5, 5.41) is 8.89. The van der Waals surface area contributed by atoms with E-state index in [1.807, 2.05) is 15.6 Å². The monoisotopic (exact) mass is 458 g/mol. The Morgan fingerprint density at radius 2 is 1.74 bits per heavy atom. The summed E-state index contributed by atoms with van der Waals surface area (Å²) in [6.07, 6.45) is 4.32. The van der Waals surface area contributed by atoms with E-state index in [4.69, 9.17) is 4.74 Å². The number of nitrogens with zero attached hydrogens (tertiary/aromatic N) is 4. The molecule has 2 aromatic carbocycles. The van der Waals surface area contributed by atoms with Gasteiger partial charge in [-0.05, 0) is 17.0 Å². The quantitative estimate of drug-likeness (QED) is 0.633. The Bertz CT molecular complexity index is 1120. The van der Waals surface area contributed by atoms with Crippen LogP contribution in [-0.2, 0) is 16.1 Å². The van der Waals surface area contributed by atoms with Crippen molar-refractivity contribution in [3.05, 3.63) is 60.8 Å². The fraction of sp³-hybridized carbons (Fsp3) is 0.444. The van der Waals surface area contributed by atoms with Gasteiger partial charge >= 0.3 is 0 Å². The number of amides is 1. The lowest BCUT2D eigenvalue weighted by Crippen LogP contribution is -3.20. The van der Waals surface area contributed by atoms with Crippen molar-refractivity contribution in [3.8, 4) is 22.4 Å². The molecule has 7 rings (SSSR count). The van der Waals surface area contributed by atoms with Crippen molar-refractivity contribution in [2.24, 2.45) is 11.8 Å². The Balaban J connectivity index is 1.10. The van der Waals surface area contributed by atoms with Gasteiger partial charge in [0.05, 0.1) is 45.0 Å². The molecule has 7 nitrogen and oxygen atoms in total. The lowest BCUT2D eigenvalue weighted by molar-refractivity contribution is -0.945. The molecule has 4 aliphatic heterocycles. The van der Waals surface area contributed by atoms with Crippen molar-refractivity contribution in [2.45, 2.75) is 25.4 Å². The highest BCUT2D eigenvalue weighted by atomic mass is 16.5. The van der Waals surface area contributed by atoms with E-state index in [9.17, 15) is 4.79 Å². The van der Waals surface area contributed by atoms with Gasteiger partial charge in [-0.2, -0.15) is 0 Å². The molecular weight excluding hydrogens is 426 g/mol. The highest BCUT2D eigenvalue weighted by Gasteiger charge is 2.47. The maximum Gasteiger partial charge on any atom is 0.231 e. The number of nitrogens with one attached hydrogen (secondary N) is 1. The van der Waals surface area contributed by atoms with Crippen LogP contribution in [0.1, 0.15) is 12.8 Å². The fourth-order valence-corrected chi connectivity index (χ4v) is 6.03. The maximum atomic E-state index is 13.1. The van der Waals surface area contributed by atoms with Crippen LogP contribution in [-0.4, -0.2) is 71.2 Å². The number of rotatable bonds is 5. The molecule has 4 saturated heterocycles. The van der Waals surface area contributed by atoms with E-state index in [2.05, 4.69) is 65.0 Å². The molecule has 4 atom stereocenters. The number of quaternary nitrogens is 1. The summed E-state index contributed by atoms with van der Waals surface area (Å²) >= 11 is 0. The van der Waals surface area contributed by atoms with Gasteiger partial charge in [0.1, 0.15) is 11.7 Å². The molecule has 3 aromatic rings. The van der Waals surface area contributed by atoms with Crippen LogP contribution < -0.4 is 4.90 Å². The van der Waals surface area contributed by atoms with Gasteiger partial charge in [0.15, 0.2) is 0 Å². The molecule has 0 radical (unpaired) electrons. The average Bonchev–Trinajstić information content (AvgIpc) is 3.38. The van der Waals surface area contributed by atoms with Gasteiger partial charge in [-0.3, -0.25) is 4.79 Å². The molecule has 2 bridgehead atoms. The molecule has 0 aliphatic carbocycles. The molecule has 0 saturated carbocycles. The number of piperidine rings is 3. The van der Waals surface area contributed by atoms with Crippen molar-refractivity contribution >= 4 is 5.91 Å². The second-order valence-electron chi connectivity index (χ2n) is 9.91. The largest absolute Gasteiger partial charge is 0.378 e. The second kappa shape index (κ2) is 9.31. The molecule has 0 spiro atoms. The van der Waals surface area contributed by atoms with Gasteiger partial charge in [-0.1, -0.05) is 59.8 Å². The first-order valence-electron chi connectivity index (χ1n) is 12.5. The first kappa shape index (κ1) is 21.5. The van der Waals surface area contributed by atoms with E-state index in [-0.39, 0.29) is 5.92 Å². The van der Waals surface area contributed by atoms with E-state index in [1.54, 1.807) is 4.90 Å². The Kier molecular flexibility index (Phi) is 5.89. The van der Waals surface area contributed by atoms with E-state index in [0.29, 0.717) is 31.1 Å². The third-order valence-electron chi connectivity index (χ3n) is 7.93. The van der Waals surface area contributed by atoms with Gasteiger partial charge in [-0.25, -0.2) is 4.68 Å². The third-order valence-corrected chi connectivity index (χ3v) is 7.93. The van der Waals surface area contributed by atoms with E-state index in [0.717, 1.165) is 56.8 Å². The van der Waals surface area contributed by atoms with Crippen molar-refractivity contribution in [1.29, 1.82) is 0 Å². The zero-order chi connectivity index (χ0) is 22.9. The lowest BCUT2D eigenvalue weighted by atomic mass is 9.75. The fourth-order valence-electron chi connectivity index (χ4n) is 6.03. The highest BCUT2D eigenvalue weighted by Crippen LogP contribution is 2.29. The second-order valence-corrected chi connectivity index (χ2v) is 9.91. The molecule has 4 fully saturated rings. The normalized spacial score (nSPS) is 26.5. The van der Waals surface area contributed by atoms with Gasteiger partial charge < -0.3 is 14.5 Å². The summed E-state index contributed by atoms with van der Waals surface area (Å²) in [6.45, 7) is 5.81. The van der Waals surface area contributed by atoms with Crippen LogP contribution >= 0.6 is 0 Å². The van der Waals surface area contributed by atoms with Crippen molar-refractivity contribution in [3.63, 3.8) is 0 Å². The Labute approximate surface area is 200 Å². The van der Waals surface area contributed by atoms with Gasteiger partial charge in [0, 0.05) is 31.5 Å². The summed E-state index contributed by atoms with van der Waals surface area (Å²) in [5.74, 6) is 1.02. The zero-order valence-electron chi connectivity index (χ0n) is 19.5. The van der Waals surface area contributed by atoms with E-state index >= 15 is 0 Å². The SMILES string of the molecule is O=C([C@H]1C[NH+]2CC[C@H]1C[C@@H]2Cn1cc(-c2ccc(-c3ccccc3)cc2)nn1)N1CCOCC1. The summed E-state index contributed by atoms with van der Waals surface area (Å²) in [6, 6.07) is 19.4. The molecule has 34 heavy (non-hydrogen) atoms. The van der Waals surface area contributed by atoms with Gasteiger partial charge in [-0.15, -0.1) is 5.10 Å². The van der Waals surface area contributed by atoms with Crippen LogP contribution in [0.25, 0.3) is 22.4 Å². The molecule has 1 amide bonds. The van der Waals surface area contributed by atoms with Crippen molar-refractivity contribution in [1.82, 2.24) is 19.9 Å². The van der Waals surface area contributed by atoms with Crippen LogP contribution in [0.3, 0.4) is 0 Å². The topological polar surface area (TPSA) is 64.7 Å². The summed E-state index contributed by atoms with van der Waals surface area (Å²) < 4.78 is 7.43. The number of aromatic nitrogens is 3. The van der Waals surface area contributed by atoms with Crippen LogP contribution in [0, 0.1) is 11.8 Å². The van der Waals surface area contributed by atoms with Crippen molar-refractivity contribution in [2.75, 3.05) is 39.4 Å². The maximum absolute atomic E-state index is 13.1. The zero-order valence-corrected chi connectivity index (χ0v) is 19.5. The first-order valence-corrected chi connectivity index (χ1v) is 12.5. The Hall–Kier alpha value is -3.03. The number of morpholine rings is 1. The lowest BCUT2D eigenvalue weighted by Gasteiger charge is -2.47. The minimum atomic E-state index is 0.174. The first-order chi connectivity index (χ1) is 16.7. The van der Waals surface area contributed by atoms with E-state index in [1.165, 1.54) is 11.1 Å². The van der Waals surface area contributed by atoms with E-state index < -0.39 is 0 Å². The van der Waals surface area contributed by atoms with Crippen LogP contribution in [0.15, 0.2) is 60.8 Å². The summed E-state index contributed by atoms with van der Waals surface area (Å²) in [4.78, 5) is 16.7. The number of hydrogen-bond donors (Lipinski definition) is 1. The molecule has 1 unspecified atom stereocenters. The number of benzene rings is 2. The number of fused-ring (bicyclic) bond motifs is 3. The van der Waals surface area contributed by atoms with Gasteiger partial charge in [0.25, 0.3) is 0 Å². The Morgan fingerprint density at radius 3 is 2.47 bits per heavy atom. The minimum absolute atomic E-state index is 0.174. The Morgan fingerprint density at radius 1 is 1.00 bits per heavy atom. The molecule has 1 aromatic heterocycles. The molecule has 7 heteroatoms. The van der Waals surface area contributed by atoms with Gasteiger partial charge in [0.2, 0.25) is 5.91 Å². The molecule has 176 valence electrons. The predicted molar refractivity (Wildman–Crippen MR) is 129 cm³/mol. The van der Waals surface area contributed by atoms with Crippen LogP contribution in [0.4, 0.5) is 0 Å². The van der Waals surface area contributed by atoms with Crippen LogP contribution in [0.2, 0.25) is 0 Å². The number of carbonyl (C=O) groups excluding carboxylic acids is 1. The summed E-state index contributed by atoms with van der Waals surface area (Å²) in [5.41, 5.74) is 4.41. The summed E-state index contributed by atoms with van der Waals surface area (Å²) in [7, 11) is 0. The third kappa shape index (κ3) is 4.26. The number of hydrogen-bond acceptors (Lipinski definition) is 4. The number of carbonyl (C=O) groups is 1. The number of ether oxygens (including phenoxy) is 1. The van der Waals surface area contributed by atoms with Crippen LogP contribution in [0.5, 0.6) is 0 Å². The molecular formula is C27H32N5O2+. The average molecular weight is 459 g/mol. The predicted octanol–water partition coefficient (Wildman–Crippen LogP) is 1.76. The molecule has 4 aliphatic rings. The smallest absolute Gasteiger partial charge is 0.231 e. The molecule has 1 N–H and O–H groups in total. The highest BCUT2D eigenvalue weighted by molar-refractivity contribution is 5.79. The van der Waals surface area contributed by atoms with Crippen molar-refractivity contribution < 1.29 is 14.4 Å². The minimum Gasteiger partial charge on any atom is -0.378 e. The molecule has 5 heterocycles. The standard InChI is InChI=1S/C27H31N5O2/c33-27(30-12-14-34-15-13-30)25-18-31-11-10-23(25)16-24(31)17-32-19-26(28-29-32)22-8-6-21(7-9-22)20-4-2-1-3-5-20/h1-9,19,23-25H,10-18H2/p+1/t23-,24+,25-/m0/s1.